The van der Waals surface area contributed by atoms with Gasteiger partial charge in [0.25, 0.3) is 5.91 Å². The monoisotopic (exact) mass is 368 g/mol. The number of carbonyl (C=O) groups excluding carboxylic acids is 1. The second kappa shape index (κ2) is 7.00. The molecule has 120 valence electrons. The maximum atomic E-state index is 12.6. The minimum Gasteiger partial charge on any atom is -0.367 e. The number of para-hydroxylation sites is 1. The van der Waals surface area contributed by atoms with Gasteiger partial charge < -0.3 is 9.80 Å². The molecule has 0 saturated carbocycles. The Balaban J connectivity index is 1.70. The molecule has 0 N–H and O–H groups in total. The summed E-state index contributed by atoms with van der Waals surface area (Å²) in [4.78, 5) is 16.6. The van der Waals surface area contributed by atoms with Crippen LogP contribution in [0.2, 0.25) is 15.1 Å². The number of carbonyl (C=O) groups is 1. The molecule has 1 aliphatic rings. The van der Waals surface area contributed by atoms with Crippen LogP contribution in [0.4, 0.5) is 5.69 Å². The third-order valence-electron chi connectivity index (χ3n) is 3.92. The number of anilines is 1. The fourth-order valence-electron chi connectivity index (χ4n) is 2.69. The van der Waals surface area contributed by atoms with Gasteiger partial charge in [0.2, 0.25) is 0 Å². The highest BCUT2D eigenvalue weighted by Crippen LogP contribution is 2.27. The number of piperazine rings is 1. The lowest BCUT2D eigenvalue weighted by molar-refractivity contribution is 0.0747. The van der Waals surface area contributed by atoms with Crippen molar-refractivity contribution >= 4 is 46.4 Å². The molecule has 3 nitrogen and oxygen atoms in total. The van der Waals surface area contributed by atoms with Crippen molar-refractivity contribution in [2.24, 2.45) is 0 Å². The van der Waals surface area contributed by atoms with Crippen molar-refractivity contribution in [3.05, 3.63) is 63.1 Å². The highest BCUT2D eigenvalue weighted by molar-refractivity contribution is 6.35. The number of hydrogen-bond acceptors (Lipinski definition) is 2. The number of amides is 1. The van der Waals surface area contributed by atoms with Gasteiger partial charge in [0, 0.05) is 31.2 Å². The lowest BCUT2D eigenvalue weighted by Crippen LogP contribution is -2.49. The van der Waals surface area contributed by atoms with Gasteiger partial charge >= 0.3 is 0 Å². The van der Waals surface area contributed by atoms with Crippen molar-refractivity contribution in [3.8, 4) is 0 Å². The number of rotatable bonds is 2. The third kappa shape index (κ3) is 3.57. The van der Waals surface area contributed by atoms with Gasteiger partial charge in [-0.2, -0.15) is 0 Å². The van der Waals surface area contributed by atoms with Crippen LogP contribution in [0, 0.1) is 0 Å². The average molecular weight is 370 g/mol. The molecule has 1 heterocycles. The van der Waals surface area contributed by atoms with E-state index in [0.29, 0.717) is 28.7 Å². The Morgan fingerprint density at radius 3 is 2.26 bits per heavy atom. The molecule has 0 spiro atoms. The highest BCUT2D eigenvalue weighted by Gasteiger charge is 2.24. The molecule has 6 heteroatoms. The largest absolute Gasteiger partial charge is 0.367 e. The van der Waals surface area contributed by atoms with Crippen molar-refractivity contribution in [2.75, 3.05) is 31.1 Å². The second-order valence-electron chi connectivity index (χ2n) is 5.35. The van der Waals surface area contributed by atoms with Gasteiger partial charge in [-0.25, -0.2) is 0 Å². The zero-order valence-corrected chi connectivity index (χ0v) is 14.6. The van der Waals surface area contributed by atoms with E-state index in [0.717, 1.165) is 23.8 Å². The van der Waals surface area contributed by atoms with E-state index in [1.54, 1.807) is 23.1 Å². The fourth-order valence-corrected chi connectivity index (χ4v) is 3.32. The number of halogens is 3. The quantitative estimate of drug-likeness (QED) is 0.772. The molecule has 2 aromatic rings. The molecule has 1 fully saturated rings. The fraction of sp³-hybridized carbons (Fsp3) is 0.235. The van der Waals surface area contributed by atoms with Crippen LogP contribution in [0.25, 0.3) is 0 Å². The van der Waals surface area contributed by atoms with E-state index in [4.69, 9.17) is 34.8 Å². The first kappa shape index (κ1) is 16.4. The summed E-state index contributed by atoms with van der Waals surface area (Å²) >= 11 is 18.3. The van der Waals surface area contributed by atoms with Gasteiger partial charge in [0.15, 0.2) is 0 Å². The Morgan fingerprint density at radius 1 is 0.870 bits per heavy atom. The van der Waals surface area contributed by atoms with E-state index in [1.807, 2.05) is 24.3 Å². The first-order valence-corrected chi connectivity index (χ1v) is 8.43. The maximum absolute atomic E-state index is 12.6. The Kier molecular flexibility index (Phi) is 5.00. The Hall–Kier alpha value is -1.42. The predicted molar refractivity (Wildman–Crippen MR) is 96.0 cm³/mol. The summed E-state index contributed by atoms with van der Waals surface area (Å²) < 4.78 is 0. The highest BCUT2D eigenvalue weighted by atomic mass is 35.5. The zero-order chi connectivity index (χ0) is 16.4. The molecule has 0 radical (unpaired) electrons. The molecule has 0 bridgehead atoms. The molecule has 1 amide bonds. The number of benzene rings is 2. The first-order chi connectivity index (χ1) is 11.1. The van der Waals surface area contributed by atoms with Gasteiger partial charge in [0.05, 0.1) is 21.3 Å². The van der Waals surface area contributed by atoms with E-state index in [1.165, 1.54) is 0 Å². The van der Waals surface area contributed by atoms with Crippen LogP contribution in [0.1, 0.15) is 10.4 Å². The van der Waals surface area contributed by atoms with Crippen molar-refractivity contribution in [3.63, 3.8) is 0 Å². The minimum absolute atomic E-state index is 0.0868. The Labute approximate surface area is 150 Å². The summed E-state index contributed by atoms with van der Waals surface area (Å²) in [6.07, 6.45) is 0. The summed E-state index contributed by atoms with van der Waals surface area (Å²) in [7, 11) is 0. The number of hydrogen-bond donors (Lipinski definition) is 0. The van der Waals surface area contributed by atoms with Crippen molar-refractivity contribution in [1.29, 1.82) is 0 Å². The van der Waals surface area contributed by atoms with E-state index in [9.17, 15) is 4.79 Å². The second-order valence-corrected chi connectivity index (χ2v) is 6.61. The summed E-state index contributed by atoms with van der Waals surface area (Å²) in [6.45, 7) is 2.70. The van der Waals surface area contributed by atoms with Gasteiger partial charge in [-0.05, 0) is 30.3 Å². The number of nitrogens with zero attached hydrogens (tertiary/aromatic N) is 2. The minimum atomic E-state index is -0.0868. The van der Waals surface area contributed by atoms with Crippen LogP contribution in [-0.4, -0.2) is 37.0 Å². The van der Waals surface area contributed by atoms with Gasteiger partial charge in [-0.15, -0.1) is 0 Å². The molecule has 0 unspecified atom stereocenters. The van der Waals surface area contributed by atoms with Crippen LogP contribution in [0.3, 0.4) is 0 Å². The average Bonchev–Trinajstić information content (AvgIpc) is 2.57. The molecule has 1 aliphatic heterocycles. The summed E-state index contributed by atoms with van der Waals surface area (Å²) in [5, 5.41) is 1.66. The molecule has 1 saturated heterocycles. The van der Waals surface area contributed by atoms with Gasteiger partial charge in [0.1, 0.15) is 0 Å². The summed E-state index contributed by atoms with van der Waals surface area (Å²) in [5.74, 6) is -0.0868. The molecule has 23 heavy (non-hydrogen) atoms. The van der Waals surface area contributed by atoms with E-state index < -0.39 is 0 Å². The predicted octanol–water partition coefficient (Wildman–Crippen LogP) is 4.61. The molecule has 0 aromatic heterocycles. The Morgan fingerprint density at radius 2 is 1.57 bits per heavy atom. The van der Waals surface area contributed by atoms with E-state index in [-0.39, 0.29) is 5.91 Å². The molecule has 0 aliphatic carbocycles. The Bertz CT molecular complexity index is 728. The van der Waals surface area contributed by atoms with E-state index >= 15 is 0 Å². The lowest BCUT2D eigenvalue weighted by atomic mass is 10.1. The zero-order valence-electron chi connectivity index (χ0n) is 12.3. The van der Waals surface area contributed by atoms with Crippen LogP contribution in [-0.2, 0) is 0 Å². The molecular weight excluding hydrogens is 355 g/mol. The van der Waals surface area contributed by atoms with Crippen LogP contribution in [0.15, 0.2) is 42.5 Å². The first-order valence-electron chi connectivity index (χ1n) is 7.30. The van der Waals surface area contributed by atoms with Crippen LogP contribution in [0.5, 0.6) is 0 Å². The van der Waals surface area contributed by atoms with Crippen LogP contribution < -0.4 is 4.90 Å². The van der Waals surface area contributed by atoms with Crippen molar-refractivity contribution in [1.82, 2.24) is 4.90 Å². The van der Waals surface area contributed by atoms with E-state index in [2.05, 4.69) is 4.90 Å². The smallest absolute Gasteiger partial charge is 0.255 e. The summed E-state index contributed by atoms with van der Waals surface area (Å²) in [5.41, 5.74) is 1.45. The summed E-state index contributed by atoms with van der Waals surface area (Å²) in [6, 6.07) is 12.7. The topological polar surface area (TPSA) is 23.6 Å². The van der Waals surface area contributed by atoms with Gasteiger partial charge in [-0.1, -0.05) is 46.9 Å². The molecule has 3 rings (SSSR count). The van der Waals surface area contributed by atoms with Crippen molar-refractivity contribution < 1.29 is 4.79 Å². The molecular formula is C17H15Cl3N2O. The standard InChI is InChI=1S/C17H15Cl3N2O/c18-12-5-6-14(19)13(11-12)17(23)22-9-7-21(8-10-22)16-4-2-1-3-15(16)20/h1-6,11H,7-10H2. The molecule has 2 aromatic carbocycles. The SMILES string of the molecule is O=C(c1cc(Cl)ccc1Cl)N1CCN(c2ccccc2Cl)CC1. The lowest BCUT2D eigenvalue weighted by Gasteiger charge is -2.36. The van der Waals surface area contributed by atoms with Gasteiger partial charge in [-0.3, -0.25) is 4.79 Å². The third-order valence-corrected chi connectivity index (χ3v) is 4.80. The normalized spacial score (nSPS) is 14.9. The van der Waals surface area contributed by atoms with Crippen LogP contribution >= 0.6 is 34.8 Å². The molecule has 0 atom stereocenters. The maximum Gasteiger partial charge on any atom is 0.255 e. The van der Waals surface area contributed by atoms with Crippen molar-refractivity contribution in [2.45, 2.75) is 0 Å².